The molecule has 0 saturated heterocycles. The van der Waals surface area contributed by atoms with E-state index in [2.05, 4.69) is 37.3 Å². The SMILES string of the molecule is Cc1ccc(-c2ccccc2Cl)c(C2CCCCC2)c1. The van der Waals surface area contributed by atoms with E-state index in [-0.39, 0.29) is 0 Å². The zero-order valence-electron chi connectivity index (χ0n) is 12.0. The lowest BCUT2D eigenvalue weighted by atomic mass is 9.80. The molecule has 2 aromatic carbocycles. The minimum Gasteiger partial charge on any atom is -0.0837 e. The molecule has 0 radical (unpaired) electrons. The smallest absolute Gasteiger partial charge is 0.0484 e. The molecule has 0 amide bonds. The van der Waals surface area contributed by atoms with Crippen molar-refractivity contribution in [1.29, 1.82) is 0 Å². The Morgan fingerprint density at radius 2 is 1.65 bits per heavy atom. The zero-order chi connectivity index (χ0) is 13.9. The lowest BCUT2D eigenvalue weighted by Gasteiger charge is -2.25. The number of benzene rings is 2. The molecule has 0 unspecified atom stereocenters. The molecule has 1 saturated carbocycles. The average Bonchev–Trinajstić information content (AvgIpc) is 2.49. The van der Waals surface area contributed by atoms with Crippen molar-refractivity contribution in [3.63, 3.8) is 0 Å². The van der Waals surface area contributed by atoms with Gasteiger partial charge in [-0.3, -0.25) is 0 Å². The van der Waals surface area contributed by atoms with Gasteiger partial charge in [-0.2, -0.15) is 0 Å². The molecule has 0 nitrogen and oxygen atoms in total. The maximum absolute atomic E-state index is 6.41. The predicted octanol–water partition coefficient (Wildman–Crippen LogP) is 6.36. The van der Waals surface area contributed by atoms with E-state index in [4.69, 9.17) is 11.6 Å². The maximum atomic E-state index is 6.41. The number of hydrogen-bond acceptors (Lipinski definition) is 0. The fourth-order valence-corrected chi connectivity index (χ4v) is 3.60. The molecule has 0 spiro atoms. The monoisotopic (exact) mass is 284 g/mol. The highest BCUT2D eigenvalue weighted by Gasteiger charge is 2.20. The van der Waals surface area contributed by atoms with Crippen molar-refractivity contribution in [3.05, 3.63) is 58.6 Å². The Morgan fingerprint density at radius 3 is 2.40 bits per heavy atom. The summed E-state index contributed by atoms with van der Waals surface area (Å²) in [6.07, 6.45) is 6.76. The lowest BCUT2D eigenvalue weighted by molar-refractivity contribution is 0.444. The second-order valence-corrected chi connectivity index (χ2v) is 6.31. The van der Waals surface area contributed by atoms with Crippen molar-refractivity contribution in [2.45, 2.75) is 44.9 Å². The molecule has 3 rings (SSSR count). The van der Waals surface area contributed by atoms with Gasteiger partial charge in [-0.05, 0) is 42.9 Å². The van der Waals surface area contributed by atoms with Gasteiger partial charge in [-0.15, -0.1) is 0 Å². The Labute approximate surface area is 126 Å². The molecule has 1 heteroatoms. The van der Waals surface area contributed by atoms with Crippen LogP contribution in [0.4, 0.5) is 0 Å². The summed E-state index contributed by atoms with van der Waals surface area (Å²) in [5.74, 6) is 0.704. The van der Waals surface area contributed by atoms with Gasteiger partial charge in [0.25, 0.3) is 0 Å². The molecule has 0 bridgehead atoms. The molecule has 0 aliphatic heterocycles. The lowest BCUT2D eigenvalue weighted by Crippen LogP contribution is -2.06. The van der Waals surface area contributed by atoms with Crippen LogP contribution in [0.2, 0.25) is 5.02 Å². The van der Waals surface area contributed by atoms with E-state index in [0.717, 1.165) is 5.02 Å². The molecular formula is C19H21Cl. The van der Waals surface area contributed by atoms with Gasteiger partial charge in [0, 0.05) is 10.6 Å². The van der Waals surface area contributed by atoms with E-state index in [1.807, 2.05) is 12.1 Å². The number of aryl methyl sites for hydroxylation is 1. The van der Waals surface area contributed by atoms with Crippen LogP contribution in [0.1, 0.15) is 49.1 Å². The normalized spacial score (nSPS) is 16.3. The van der Waals surface area contributed by atoms with Gasteiger partial charge in [0.2, 0.25) is 0 Å². The molecule has 2 aromatic rings. The van der Waals surface area contributed by atoms with Gasteiger partial charge in [0.05, 0.1) is 0 Å². The molecular weight excluding hydrogens is 264 g/mol. The minimum absolute atomic E-state index is 0.704. The molecule has 0 heterocycles. The van der Waals surface area contributed by atoms with Gasteiger partial charge in [0.15, 0.2) is 0 Å². The minimum atomic E-state index is 0.704. The van der Waals surface area contributed by atoms with E-state index in [1.54, 1.807) is 0 Å². The van der Waals surface area contributed by atoms with Crippen molar-refractivity contribution < 1.29 is 0 Å². The third-order valence-electron chi connectivity index (χ3n) is 4.42. The maximum Gasteiger partial charge on any atom is 0.0484 e. The van der Waals surface area contributed by atoms with Crippen molar-refractivity contribution in [1.82, 2.24) is 0 Å². The Bertz CT molecular complexity index is 594. The van der Waals surface area contributed by atoms with Crippen molar-refractivity contribution >= 4 is 11.6 Å². The molecule has 1 fully saturated rings. The van der Waals surface area contributed by atoms with Gasteiger partial charge in [-0.1, -0.05) is 72.8 Å². The van der Waals surface area contributed by atoms with E-state index in [0.29, 0.717) is 5.92 Å². The summed E-state index contributed by atoms with van der Waals surface area (Å²) in [5, 5.41) is 0.855. The Morgan fingerprint density at radius 1 is 0.900 bits per heavy atom. The summed E-state index contributed by atoms with van der Waals surface area (Å²) in [5.41, 5.74) is 5.35. The van der Waals surface area contributed by atoms with Crippen LogP contribution in [0.3, 0.4) is 0 Å². The highest BCUT2D eigenvalue weighted by atomic mass is 35.5. The topological polar surface area (TPSA) is 0 Å². The molecule has 0 N–H and O–H groups in total. The van der Waals surface area contributed by atoms with Crippen LogP contribution < -0.4 is 0 Å². The first-order valence-corrected chi connectivity index (χ1v) is 7.99. The Balaban J connectivity index is 2.08. The highest BCUT2D eigenvalue weighted by molar-refractivity contribution is 6.33. The number of halogens is 1. The summed E-state index contributed by atoms with van der Waals surface area (Å²) in [4.78, 5) is 0. The van der Waals surface area contributed by atoms with Crippen LogP contribution in [-0.2, 0) is 0 Å². The highest BCUT2D eigenvalue weighted by Crippen LogP contribution is 2.40. The van der Waals surface area contributed by atoms with Crippen molar-refractivity contribution in [3.8, 4) is 11.1 Å². The molecule has 104 valence electrons. The summed E-state index contributed by atoms with van der Waals surface area (Å²) < 4.78 is 0. The van der Waals surface area contributed by atoms with Gasteiger partial charge < -0.3 is 0 Å². The first kappa shape index (κ1) is 13.7. The largest absolute Gasteiger partial charge is 0.0837 e. The van der Waals surface area contributed by atoms with E-state index in [1.165, 1.54) is 54.4 Å². The first-order chi connectivity index (χ1) is 9.75. The fourth-order valence-electron chi connectivity index (χ4n) is 3.36. The summed E-state index contributed by atoms with van der Waals surface area (Å²) in [6.45, 7) is 2.18. The third-order valence-corrected chi connectivity index (χ3v) is 4.75. The molecule has 20 heavy (non-hydrogen) atoms. The van der Waals surface area contributed by atoms with Crippen LogP contribution in [0, 0.1) is 6.92 Å². The quantitative estimate of drug-likeness (QED) is 0.601. The van der Waals surface area contributed by atoms with Gasteiger partial charge >= 0.3 is 0 Å². The first-order valence-electron chi connectivity index (χ1n) is 7.61. The molecule has 1 aliphatic carbocycles. The van der Waals surface area contributed by atoms with Crippen LogP contribution in [0.5, 0.6) is 0 Å². The fraction of sp³-hybridized carbons (Fsp3) is 0.368. The predicted molar refractivity (Wildman–Crippen MR) is 87.5 cm³/mol. The average molecular weight is 285 g/mol. The Kier molecular flexibility index (Phi) is 4.12. The van der Waals surface area contributed by atoms with E-state index >= 15 is 0 Å². The Hall–Kier alpha value is -1.27. The second kappa shape index (κ2) is 6.01. The van der Waals surface area contributed by atoms with Crippen LogP contribution in [0.25, 0.3) is 11.1 Å². The van der Waals surface area contributed by atoms with E-state index < -0.39 is 0 Å². The van der Waals surface area contributed by atoms with Gasteiger partial charge in [0.1, 0.15) is 0 Å². The molecule has 1 aliphatic rings. The summed E-state index contributed by atoms with van der Waals surface area (Å²) in [7, 11) is 0. The zero-order valence-corrected chi connectivity index (χ0v) is 12.8. The number of rotatable bonds is 2. The number of hydrogen-bond donors (Lipinski definition) is 0. The molecule has 0 aromatic heterocycles. The second-order valence-electron chi connectivity index (χ2n) is 5.91. The summed E-state index contributed by atoms with van der Waals surface area (Å²) in [6, 6.07) is 15.0. The van der Waals surface area contributed by atoms with E-state index in [9.17, 15) is 0 Å². The summed E-state index contributed by atoms with van der Waals surface area (Å²) >= 11 is 6.41. The standard InChI is InChI=1S/C19H21Cl/c1-14-11-12-16(17-9-5-6-10-19(17)20)18(13-14)15-7-3-2-4-8-15/h5-6,9-13,15H,2-4,7-8H2,1H3. The van der Waals surface area contributed by atoms with Crippen LogP contribution in [-0.4, -0.2) is 0 Å². The van der Waals surface area contributed by atoms with Crippen molar-refractivity contribution in [2.24, 2.45) is 0 Å². The van der Waals surface area contributed by atoms with Crippen LogP contribution in [0.15, 0.2) is 42.5 Å². The van der Waals surface area contributed by atoms with Gasteiger partial charge in [-0.25, -0.2) is 0 Å². The van der Waals surface area contributed by atoms with Crippen molar-refractivity contribution in [2.75, 3.05) is 0 Å². The third kappa shape index (κ3) is 2.76. The molecule has 0 atom stereocenters. The van der Waals surface area contributed by atoms with Crippen LogP contribution >= 0.6 is 11.6 Å².